The molecule has 0 bridgehead atoms. The van der Waals surface area contributed by atoms with E-state index in [0.29, 0.717) is 24.7 Å². The highest BCUT2D eigenvalue weighted by Gasteiger charge is 2.40. The maximum Gasteiger partial charge on any atom is 0.235 e. The third-order valence-electron chi connectivity index (χ3n) is 3.08. The van der Waals surface area contributed by atoms with Gasteiger partial charge in [0.15, 0.2) is 6.29 Å². The maximum atomic E-state index is 13.0. The molecule has 0 heterocycles. The zero-order chi connectivity index (χ0) is 11.6. The summed E-state index contributed by atoms with van der Waals surface area (Å²) >= 11 is 0. The predicted molar refractivity (Wildman–Crippen MR) is 55.4 cm³/mol. The molecule has 1 aliphatic carbocycles. The Balaban J connectivity index is 2.53. The molecule has 0 atom stereocenters. The van der Waals surface area contributed by atoms with Crippen molar-refractivity contribution in [3.63, 3.8) is 0 Å². The number of hydrogen-bond acceptors (Lipinski definition) is 3. The Morgan fingerprint density at radius 2 is 2.19 bits per heavy atom. The monoisotopic (exact) mass is 219 g/mol. The summed E-state index contributed by atoms with van der Waals surface area (Å²) in [7, 11) is 0. The van der Waals surface area contributed by atoms with E-state index in [-0.39, 0.29) is 5.56 Å². The lowest BCUT2D eigenvalue weighted by Gasteiger charge is -2.37. The van der Waals surface area contributed by atoms with E-state index < -0.39 is 11.4 Å². The zero-order valence-electron chi connectivity index (χ0n) is 8.57. The topological polar surface area (TPSA) is 46.5 Å². The summed E-state index contributed by atoms with van der Waals surface area (Å²) in [5, 5.41) is 0. The molecule has 0 aromatic heterocycles. The highest BCUT2D eigenvalue weighted by molar-refractivity contribution is 5.78. The highest BCUT2D eigenvalue weighted by Crippen LogP contribution is 2.45. The van der Waals surface area contributed by atoms with Gasteiger partial charge in [-0.2, -0.15) is 4.99 Å². The van der Waals surface area contributed by atoms with Crippen LogP contribution in [-0.4, -0.2) is 12.4 Å². The van der Waals surface area contributed by atoms with E-state index >= 15 is 0 Å². The summed E-state index contributed by atoms with van der Waals surface area (Å²) < 4.78 is 13.0. The van der Waals surface area contributed by atoms with Gasteiger partial charge in [-0.05, 0) is 37.0 Å². The third kappa shape index (κ3) is 1.57. The molecule has 0 radical (unpaired) electrons. The van der Waals surface area contributed by atoms with Crippen molar-refractivity contribution >= 4 is 12.4 Å². The van der Waals surface area contributed by atoms with Crippen molar-refractivity contribution in [2.45, 2.75) is 24.8 Å². The molecule has 0 N–H and O–H groups in total. The van der Waals surface area contributed by atoms with Crippen molar-refractivity contribution < 1.29 is 14.0 Å². The van der Waals surface area contributed by atoms with E-state index in [9.17, 15) is 14.0 Å². The fraction of sp³-hybridized carbons (Fsp3) is 0.333. The van der Waals surface area contributed by atoms with E-state index in [1.165, 1.54) is 18.2 Å². The molecule has 1 fully saturated rings. The minimum absolute atomic E-state index is 0.263. The summed E-state index contributed by atoms with van der Waals surface area (Å²) in [6.07, 6.45) is 4.49. The van der Waals surface area contributed by atoms with Crippen LogP contribution < -0.4 is 0 Å². The number of benzene rings is 1. The van der Waals surface area contributed by atoms with Crippen molar-refractivity contribution in [1.29, 1.82) is 0 Å². The Morgan fingerprint density at radius 1 is 1.44 bits per heavy atom. The normalized spacial score (nSPS) is 17.1. The van der Waals surface area contributed by atoms with Gasteiger partial charge >= 0.3 is 0 Å². The first kappa shape index (κ1) is 10.7. The molecule has 0 spiro atoms. The van der Waals surface area contributed by atoms with E-state index in [1.807, 2.05) is 0 Å². The molecular formula is C12H10FNO2. The zero-order valence-corrected chi connectivity index (χ0v) is 8.57. The number of carbonyl (C=O) groups excluding carboxylic acids is 2. The molecule has 3 nitrogen and oxygen atoms in total. The largest absolute Gasteiger partial charge is 0.298 e. The van der Waals surface area contributed by atoms with Gasteiger partial charge in [-0.25, -0.2) is 9.18 Å². The average Bonchev–Trinajstić information content (AvgIpc) is 2.24. The lowest BCUT2D eigenvalue weighted by Crippen LogP contribution is -2.33. The van der Waals surface area contributed by atoms with E-state index in [2.05, 4.69) is 4.99 Å². The highest BCUT2D eigenvalue weighted by atomic mass is 19.1. The summed E-state index contributed by atoms with van der Waals surface area (Å²) in [6.45, 7) is 0. The second-order valence-electron chi connectivity index (χ2n) is 3.94. The van der Waals surface area contributed by atoms with Crippen molar-refractivity contribution in [2.24, 2.45) is 4.99 Å². The Kier molecular flexibility index (Phi) is 2.67. The van der Waals surface area contributed by atoms with Crippen LogP contribution in [0.15, 0.2) is 23.2 Å². The van der Waals surface area contributed by atoms with Crippen LogP contribution in [0.25, 0.3) is 0 Å². The van der Waals surface area contributed by atoms with Gasteiger partial charge < -0.3 is 0 Å². The van der Waals surface area contributed by atoms with Crippen LogP contribution >= 0.6 is 0 Å². The first-order valence-electron chi connectivity index (χ1n) is 5.06. The summed E-state index contributed by atoms with van der Waals surface area (Å²) in [5.74, 6) is -0.463. The van der Waals surface area contributed by atoms with Gasteiger partial charge in [0.05, 0.1) is 5.54 Å². The number of isocyanates is 1. The van der Waals surface area contributed by atoms with E-state index in [4.69, 9.17) is 0 Å². The van der Waals surface area contributed by atoms with Gasteiger partial charge in [0, 0.05) is 5.56 Å². The number of halogens is 1. The molecule has 4 heteroatoms. The molecule has 0 unspecified atom stereocenters. The molecule has 1 aromatic rings. The third-order valence-corrected chi connectivity index (χ3v) is 3.08. The van der Waals surface area contributed by atoms with Gasteiger partial charge in [-0.3, -0.25) is 4.79 Å². The van der Waals surface area contributed by atoms with Crippen molar-refractivity contribution in [1.82, 2.24) is 0 Å². The van der Waals surface area contributed by atoms with Crippen LogP contribution in [0.2, 0.25) is 0 Å². The van der Waals surface area contributed by atoms with Gasteiger partial charge in [-0.1, -0.05) is 6.07 Å². The average molecular weight is 219 g/mol. The molecule has 82 valence electrons. The fourth-order valence-corrected chi connectivity index (χ4v) is 2.10. The van der Waals surface area contributed by atoms with Crippen molar-refractivity contribution in [3.05, 3.63) is 35.1 Å². The molecule has 1 saturated carbocycles. The van der Waals surface area contributed by atoms with Gasteiger partial charge in [0.1, 0.15) is 5.82 Å². The second-order valence-corrected chi connectivity index (χ2v) is 3.94. The standard InChI is InChI=1S/C12H10FNO2/c13-10-2-3-11(9(6-10)7-15)12(14-8-16)4-1-5-12/h2-3,6-7H,1,4-5H2. The van der Waals surface area contributed by atoms with Crippen LogP contribution in [-0.2, 0) is 10.3 Å². The quantitative estimate of drug-likeness (QED) is 0.445. The predicted octanol–water partition coefficient (Wildman–Crippen LogP) is 2.35. The van der Waals surface area contributed by atoms with Gasteiger partial charge in [0.25, 0.3) is 0 Å². The van der Waals surface area contributed by atoms with Crippen LogP contribution in [0.4, 0.5) is 4.39 Å². The number of aldehydes is 1. The Morgan fingerprint density at radius 3 is 2.69 bits per heavy atom. The summed E-state index contributed by atoms with van der Waals surface area (Å²) in [4.78, 5) is 25.0. The minimum Gasteiger partial charge on any atom is -0.298 e. The van der Waals surface area contributed by atoms with Gasteiger partial charge in [-0.15, -0.1) is 0 Å². The molecule has 2 rings (SSSR count). The molecule has 16 heavy (non-hydrogen) atoms. The molecule has 0 aliphatic heterocycles. The first-order chi connectivity index (χ1) is 7.72. The van der Waals surface area contributed by atoms with Crippen molar-refractivity contribution in [2.75, 3.05) is 0 Å². The number of hydrogen-bond donors (Lipinski definition) is 0. The lowest BCUT2D eigenvalue weighted by molar-refractivity contribution is 0.111. The smallest absolute Gasteiger partial charge is 0.235 e. The second kappa shape index (κ2) is 3.99. The molecule has 0 saturated heterocycles. The van der Waals surface area contributed by atoms with Crippen molar-refractivity contribution in [3.8, 4) is 0 Å². The number of carbonyl (C=O) groups is 1. The fourth-order valence-electron chi connectivity index (χ4n) is 2.10. The summed E-state index contributed by atoms with van der Waals surface area (Å²) in [6, 6.07) is 3.98. The maximum absolute atomic E-state index is 13.0. The lowest BCUT2D eigenvalue weighted by atomic mass is 9.71. The van der Waals surface area contributed by atoms with Crippen LogP contribution in [0.3, 0.4) is 0 Å². The van der Waals surface area contributed by atoms with E-state index in [1.54, 1.807) is 6.08 Å². The van der Waals surface area contributed by atoms with Crippen LogP contribution in [0.5, 0.6) is 0 Å². The SMILES string of the molecule is O=C=NC1(c2ccc(F)cc2C=O)CCC1. The molecule has 0 amide bonds. The van der Waals surface area contributed by atoms with E-state index in [0.717, 1.165) is 6.42 Å². The Bertz CT molecular complexity index is 474. The van der Waals surface area contributed by atoms with Gasteiger partial charge in [0.2, 0.25) is 6.08 Å². The first-order valence-corrected chi connectivity index (χ1v) is 5.06. The number of aliphatic imine (C=N–C) groups is 1. The van der Waals surface area contributed by atoms with Crippen LogP contribution in [0.1, 0.15) is 35.2 Å². The molecular weight excluding hydrogens is 209 g/mol. The Hall–Kier alpha value is -1.80. The molecule has 1 aliphatic rings. The number of rotatable bonds is 3. The Labute approximate surface area is 92.0 Å². The summed E-state index contributed by atoms with van der Waals surface area (Å²) in [5.41, 5.74) is 0.239. The van der Waals surface area contributed by atoms with Crippen LogP contribution in [0, 0.1) is 5.82 Å². The molecule has 1 aromatic carbocycles. The minimum atomic E-state index is -0.647. The number of nitrogens with zero attached hydrogens (tertiary/aromatic N) is 1.